The van der Waals surface area contributed by atoms with Crippen molar-refractivity contribution >= 4 is 16.7 Å². The zero-order chi connectivity index (χ0) is 17.8. The second-order valence-corrected chi connectivity index (χ2v) is 7.84. The Morgan fingerprint density at radius 2 is 2.20 bits per heavy atom. The van der Waals surface area contributed by atoms with E-state index in [-0.39, 0.29) is 5.91 Å². The molecule has 25 heavy (non-hydrogen) atoms. The molecule has 134 valence electrons. The van der Waals surface area contributed by atoms with Crippen LogP contribution in [-0.4, -0.2) is 50.4 Å². The highest BCUT2D eigenvalue weighted by molar-refractivity contribution is 7.84. The molecule has 1 N–H and O–H groups in total. The molecule has 2 heterocycles. The lowest BCUT2D eigenvalue weighted by Crippen LogP contribution is -2.36. The van der Waals surface area contributed by atoms with Gasteiger partial charge in [-0.2, -0.15) is 5.10 Å². The van der Waals surface area contributed by atoms with E-state index in [1.165, 1.54) is 0 Å². The zero-order valence-corrected chi connectivity index (χ0v) is 15.4. The average molecular weight is 361 g/mol. The number of carbonyl (C=O) groups is 1. The van der Waals surface area contributed by atoms with Crippen LogP contribution in [-0.2, 0) is 28.6 Å². The van der Waals surface area contributed by atoms with Crippen LogP contribution in [0.3, 0.4) is 0 Å². The molecular formula is C18H23N3O3S. The van der Waals surface area contributed by atoms with Crippen molar-refractivity contribution in [3.8, 4) is 17.0 Å². The summed E-state index contributed by atoms with van der Waals surface area (Å²) in [5.41, 5.74) is 3.87. The Morgan fingerprint density at radius 1 is 1.40 bits per heavy atom. The number of hydrogen-bond acceptors (Lipinski definition) is 4. The fraction of sp³-hybridized carbons (Fsp3) is 0.444. The minimum absolute atomic E-state index is 0.0552. The number of rotatable bonds is 6. The number of benzene rings is 1. The molecule has 1 aliphatic heterocycles. The first-order valence-electron chi connectivity index (χ1n) is 8.46. The largest absolute Gasteiger partial charge is 0.496 e. The predicted molar refractivity (Wildman–Crippen MR) is 97.9 cm³/mol. The third-order valence-electron chi connectivity index (χ3n) is 4.51. The summed E-state index contributed by atoms with van der Waals surface area (Å²) in [6.07, 6.45) is 1.08. The third-order valence-corrected chi connectivity index (χ3v) is 5.82. The summed E-state index contributed by atoms with van der Waals surface area (Å²) in [6.45, 7) is 3.06. The summed E-state index contributed by atoms with van der Waals surface area (Å²) in [5, 5.41) is 7.57. The molecule has 7 heteroatoms. The number of ether oxygens (including phenoxy) is 1. The summed E-state index contributed by atoms with van der Waals surface area (Å²) in [5.74, 6) is 1.85. The van der Waals surface area contributed by atoms with E-state index >= 15 is 0 Å². The number of fused-ring (bicyclic) bond motifs is 1. The lowest BCUT2D eigenvalue weighted by atomic mass is 10.00. The van der Waals surface area contributed by atoms with Crippen molar-refractivity contribution in [3.63, 3.8) is 0 Å². The van der Waals surface area contributed by atoms with Crippen LogP contribution in [0.2, 0.25) is 0 Å². The average Bonchev–Trinajstić information content (AvgIpc) is 3.08. The van der Waals surface area contributed by atoms with Crippen LogP contribution in [0, 0.1) is 0 Å². The van der Waals surface area contributed by atoms with Crippen molar-refractivity contribution in [2.75, 3.05) is 25.2 Å². The van der Waals surface area contributed by atoms with Gasteiger partial charge in [0.05, 0.1) is 7.11 Å². The Kier molecular flexibility index (Phi) is 5.53. The van der Waals surface area contributed by atoms with E-state index in [1.807, 2.05) is 36.1 Å². The van der Waals surface area contributed by atoms with E-state index in [0.717, 1.165) is 34.7 Å². The maximum Gasteiger partial charge on any atom is 0.223 e. The van der Waals surface area contributed by atoms with Crippen molar-refractivity contribution in [3.05, 3.63) is 35.5 Å². The first-order chi connectivity index (χ1) is 12.1. The van der Waals surface area contributed by atoms with Gasteiger partial charge < -0.3 is 9.64 Å². The van der Waals surface area contributed by atoms with E-state index in [0.29, 0.717) is 31.0 Å². The van der Waals surface area contributed by atoms with E-state index < -0.39 is 10.8 Å². The van der Waals surface area contributed by atoms with Crippen molar-refractivity contribution < 1.29 is 13.7 Å². The van der Waals surface area contributed by atoms with Gasteiger partial charge in [0.2, 0.25) is 5.91 Å². The number of nitrogens with zero attached hydrogens (tertiary/aromatic N) is 2. The SMILES string of the molecule is CCS(=O)CCC(=O)N1CCc2[nH]nc(-c3ccccc3OC)c2C1. The number of aromatic nitrogens is 2. The quantitative estimate of drug-likeness (QED) is 0.855. The molecule has 1 aliphatic rings. The van der Waals surface area contributed by atoms with E-state index in [2.05, 4.69) is 10.2 Å². The van der Waals surface area contributed by atoms with Gasteiger partial charge in [0, 0.05) is 65.1 Å². The highest BCUT2D eigenvalue weighted by atomic mass is 32.2. The van der Waals surface area contributed by atoms with Gasteiger partial charge in [-0.1, -0.05) is 19.1 Å². The zero-order valence-electron chi connectivity index (χ0n) is 14.6. The Bertz CT molecular complexity index is 788. The van der Waals surface area contributed by atoms with Crippen LogP contribution in [0.4, 0.5) is 0 Å². The van der Waals surface area contributed by atoms with E-state index in [4.69, 9.17) is 4.74 Å². The molecule has 3 rings (SSSR count). The van der Waals surface area contributed by atoms with E-state index in [1.54, 1.807) is 7.11 Å². The number of methoxy groups -OCH3 is 1. The molecule has 1 amide bonds. The normalized spacial score (nSPS) is 14.9. The molecule has 0 fully saturated rings. The molecule has 2 aromatic rings. The monoisotopic (exact) mass is 361 g/mol. The minimum Gasteiger partial charge on any atom is -0.496 e. The number of hydrogen-bond donors (Lipinski definition) is 1. The van der Waals surface area contributed by atoms with Crippen LogP contribution in [0.5, 0.6) is 5.75 Å². The van der Waals surface area contributed by atoms with Crippen LogP contribution in [0.25, 0.3) is 11.3 Å². The third kappa shape index (κ3) is 3.76. The fourth-order valence-corrected chi connectivity index (χ4v) is 3.77. The summed E-state index contributed by atoms with van der Waals surface area (Å²) in [4.78, 5) is 14.3. The molecule has 6 nitrogen and oxygen atoms in total. The number of nitrogens with one attached hydrogen (secondary N) is 1. The molecule has 1 aromatic carbocycles. The maximum absolute atomic E-state index is 12.5. The van der Waals surface area contributed by atoms with Crippen LogP contribution < -0.4 is 4.74 Å². The lowest BCUT2D eigenvalue weighted by molar-refractivity contribution is -0.131. The second-order valence-electron chi connectivity index (χ2n) is 5.98. The molecule has 1 atom stereocenters. The fourth-order valence-electron chi connectivity index (χ4n) is 3.07. The number of aromatic amines is 1. The standard InChI is InChI=1S/C18H23N3O3S/c1-3-25(23)11-9-17(22)21-10-8-15-14(12-21)18(20-19-15)13-6-4-5-7-16(13)24-2/h4-7H,3,8-12H2,1-2H3,(H,19,20). The maximum atomic E-state index is 12.5. The molecule has 0 saturated carbocycles. The lowest BCUT2D eigenvalue weighted by Gasteiger charge is -2.27. The van der Waals surface area contributed by atoms with Gasteiger partial charge in [0.1, 0.15) is 11.4 Å². The highest BCUT2D eigenvalue weighted by Gasteiger charge is 2.26. The van der Waals surface area contributed by atoms with Gasteiger partial charge in [-0.15, -0.1) is 0 Å². The summed E-state index contributed by atoms with van der Waals surface area (Å²) in [7, 11) is 0.730. The van der Waals surface area contributed by atoms with Crippen molar-refractivity contribution in [2.24, 2.45) is 0 Å². The summed E-state index contributed by atoms with van der Waals surface area (Å²) < 4.78 is 17.0. The van der Waals surface area contributed by atoms with Crippen LogP contribution in [0.15, 0.2) is 24.3 Å². The van der Waals surface area contributed by atoms with E-state index in [9.17, 15) is 9.00 Å². The minimum atomic E-state index is -0.910. The number of H-pyrrole nitrogens is 1. The molecule has 0 spiro atoms. The van der Waals surface area contributed by atoms with Gasteiger partial charge in [-0.05, 0) is 12.1 Å². The molecule has 1 unspecified atom stereocenters. The molecular weight excluding hydrogens is 338 g/mol. The number of para-hydroxylation sites is 1. The summed E-state index contributed by atoms with van der Waals surface area (Å²) >= 11 is 0. The van der Waals surface area contributed by atoms with Gasteiger partial charge in [0.25, 0.3) is 0 Å². The van der Waals surface area contributed by atoms with Gasteiger partial charge in [-0.3, -0.25) is 14.1 Å². The molecule has 1 aromatic heterocycles. The number of carbonyl (C=O) groups excluding carboxylic acids is 1. The summed E-state index contributed by atoms with van der Waals surface area (Å²) in [6, 6.07) is 7.75. The second kappa shape index (κ2) is 7.82. The van der Waals surface area contributed by atoms with Crippen molar-refractivity contribution in [1.29, 1.82) is 0 Å². The Hall–Kier alpha value is -2.15. The number of amides is 1. The van der Waals surface area contributed by atoms with Gasteiger partial charge >= 0.3 is 0 Å². The van der Waals surface area contributed by atoms with Gasteiger partial charge in [-0.25, -0.2) is 0 Å². The first kappa shape index (κ1) is 17.7. The van der Waals surface area contributed by atoms with Crippen molar-refractivity contribution in [1.82, 2.24) is 15.1 Å². The predicted octanol–water partition coefficient (Wildman–Crippen LogP) is 2.13. The first-order valence-corrected chi connectivity index (χ1v) is 9.95. The molecule has 0 bridgehead atoms. The molecule has 0 aliphatic carbocycles. The van der Waals surface area contributed by atoms with Crippen LogP contribution in [0.1, 0.15) is 24.6 Å². The van der Waals surface area contributed by atoms with Crippen LogP contribution >= 0.6 is 0 Å². The highest BCUT2D eigenvalue weighted by Crippen LogP contribution is 2.34. The molecule has 0 saturated heterocycles. The smallest absolute Gasteiger partial charge is 0.223 e. The topological polar surface area (TPSA) is 75.3 Å². The van der Waals surface area contributed by atoms with Gasteiger partial charge in [0.15, 0.2) is 0 Å². The Labute approximate surface area is 150 Å². The Morgan fingerprint density at radius 3 is 2.96 bits per heavy atom. The van der Waals surface area contributed by atoms with Crippen molar-refractivity contribution in [2.45, 2.75) is 26.3 Å². The molecule has 0 radical (unpaired) electrons. The Balaban J connectivity index is 1.80.